The lowest BCUT2D eigenvalue weighted by molar-refractivity contribution is 0.0936. The van der Waals surface area contributed by atoms with E-state index in [2.05, 4.69) is 21.2 Å². The standard InChI is InChI=1S/C16H22BrNO2/c1-20-15-8-4-7-12(9-15)16(19)18-11-14-6-3-2-5-13(14)10-17/h4,7-9,13-14H,2-3,5-6,10-11H2,1H3,(H,18,19). The predicted octanol–water partition coefficient (Wildman–Crippen LogP) is 3.63. The fraction of sp³-hybridized carbons (Fsp3) is 0.562. The fourth-order valence-electron chi connectivity index (χ4n) is 2.85. The molecule has 4 heteroatoms. The first kappa shape index (κ1) is 15.4. The summed E-state index contributed by atoms with van der Waals surface area (Å²) in [6.07, 6.45) is 5.08. The fourth-order valence-corrected chi connectivity index (χ4v) is 3.70. The average molecular weight is 340 g/mol. The molecule has 2 atom stereocenters. The first-order valence-electron chi connectivity index (χ1n) is 7.23. The SMILES string of the molecule is COc1cccc(C(=O)NCC2CCCCC2CBr)c1. The third kappa shape index (κ3) is 3.98. The predicted molar refractivity (Wildman–Crippen MR) is 84.6 cm³/mol. The van der Waals surface area contributed by atoms with Gasteiger partial charge in [-0.05, 0) is 42.9 Å². The first-order valence-corrected chi connectivity index (χ1v) is 8.35. The maximum Gasteiger partial charge on any atom is 0.251 e. The minimum atomic E-state index is -0.0113. The Morgan fingerprint density at radius 3 is 2.80 bits per heavy atom. The second kappa shape index (κ2) is 7.67. The maximum atomic E-state index is 12.2. The highest BCUT2D eigenvalue weighted by Crippen LogP contribution is 2.30. The van der Waals surface area contributed by atoms with Gasteiger partial charge < -0.3 is 10.1 Å². The molecule has 20 heavy (non-hydrogen) atoms. The summed E-state index contributed by atoms with van der Waals surface area (Å²) in [5.41, 5.74) is 0.663. The normalized spacial score (nSPS) is 22.3. The Balaban J connectivity index is 1.90. The van der Waals surface area contributed by atoms with Crippen molar-refractivity contribution >= 4 is 21.8 Å². The van der Waals surface area contributed by atoms with Crippen LogP contribution in [0.15, 0.2) is 24.3 Å². The van der Waals surface area contributed by atoms with Crippen LogP contribution >= 0.6 is 15.9 Å². The van der Waals surface area contributed by atoms with Crippen molar-refractivity contribution < 1.29 is 9.53 Å². The third-order valence-electron chi connectivity index (χ3n) is 4.12. The number of nitrogens with one attached hydrogen (secondary N) is 1. The highest BCUT2D eigenvalue weighted by atomic mass is 79.9. The molecular formula is C16H22BrNO2. The van der Waals surface area contributed by atoms with Crippen LogP contribution in [-0.2, 0) is 0 Å². The van der Waals surface area contributed by atoms with Gasteiger partial charge in [0.05, 0.1) is 7.11 Å². The molecule has 0 bridgehead atoms. The van der Waals surface area contributed by atoms with Crippen LogP contribution in [-0.4, -0.2) is 24.9 Å². The van der Waals surface area contributed by atoms with Gasteiger partial charge in [0.2, 0.25) is 0 Å². The second-order valence-corrected chi connectivity index (χ2v) is 6.05. The monoisotopic (exact) mass is 339 g/mol. The Hall–Kier alpha value is -1.03. The smallest absolute Gasteiger partial charge is 0.251 e. The van der Waals surface area contributed by atoms with Crippen molar-refractivity contribution in [2.24, 2.45) is 11.8 Å². The highest BCUT2D eigenvalue weighted by Gasteiger charge is 2.24. The van der Waals surface area contributed by atoms with E-state index in [-0.39, 0.29) is 5.91 Å². The number of ether oxygens (including phenoxy) is 1. The maximum absolute atomic E-state index is 12.2. The van der Waals surface area contributed by atoms with Crippen LogP contribution in [0.25, 0.3) is 0 Å². The van der Waals surface area contributed by atoms with Gasteiger partial charge in [0, 0.05) is 17.4 Å². The number of amides is 1. The summed E-state index contributed by atoms with van der Waals surface area (Å²) in [6, 6.07) is 7.29. The number of halogens is 1. The summed E-state index contributed by atoms with van der Waals surface area (Å²) in [5, 5.41) is 4.10. The number of alkyl halides is 1. The molecule has 0 aliphatic heterocycles. The van der Waals surface area contributed by atoms with E-state index in [1.165, 1.54) is 25.7 Å². The van der Waals surface area contributed by atoms with Crippen LogP contribution in [0.2, 0.25) is 0 Å². The van der Waals surface area contributed by atoms with Crippen LogP contribution < -0.4 is 10.1 Å². The number of benzene rings is 1. The topological polar surface area (TPSA) is 38.3 Å². The second-order valence-electron chi connectivity index (χ2n) is 5.40. The van der Waals surface area contributed by atoms with Gasteiger partial charge in [0.1, 0.15) is 5.75 Å². The molecule has 110 valence electrons. The summed E-state index contributed by atoms with van der Waals surface area (Å²) in [4.78, 5) is 12.2. The van der Waals surface area contributed by atoms with E-state index in [0.717, 1.165) is 11.9 Å². The van der Waals surface area contributed by atoms with Crippen LogP contribution in [0.5, 0.6) is 5.75 Å². The van der Waals surface area contributed by atoms with E-state index in [4.69, 9.17) is 4.74 Å². The van der Waals surface area contributed by atoms with Crippen molar-refractivity contribution in [3.8, 4) is 5.75 Å². The van der Waals surface area contributed by atoms with Crippen molar-refractivity contribution in [2.45, 2.75) is 25.7 Å². The molecule has 1 fully saturated rings. The number of methoxy groups -OCH3 is 1. The average Bonchev–Trinajstić information content (AvgIpc) is 2.52. The van der Waals surface area contributed by atoms with Gasteiger partial charge in [-0.1, -0.05) is 34.8 Å². The quantitative estimate of drug-likeness (QED) is 0.832. The van der Waals surface area contributed by atoms with Crippen LogP contribution in [0.4, 0.5) is 0 Å². The molecule has 1 amide bonds. The van der Waals surface area contributed by atoms with Gasteiger partial charge in [-0.3, -0.25) is 4.79 Å². The van der Waals surface area contributed by atoms with E-state index in [0.29, 0.717) is 23.1 Å². The van der Waals surface area contributed by atoms with Gasteiger partial charge in [-0.25, -0.2) is 0 Å². The zero-order chi connectivity index (χ0) is 14.4. The molecule has 2 rings (SSSR count). The number of rotatable bonds is 5. The molecule has 1 saturated carbocycles. The minimum absolute atomic E-state index is 0.0113. The zero-order valence-electron chi connectivity index (χ0n) is 11.9. The molecular weight excluding hydrogens is 318 g/mol. The van der Waals surface area contributed by atoms with Gasteiger partial charge in [0.25, 0.3) is 5.91 Å². The number of hydrogen-bond donors (Lipinski definition) is 1. The van der Waals surface area contributed by atoms with Gasteiger partial charge >= 0.3 is 0 Å². The van der Waals surface area contributed by atoms with Gasteiger partial charge in [0.15, 0.2) is 0 Å². The van der Waals surface area contributed by atoms with Crippen LogP contribution in [0, 0.1) is 11.8 Å². The first-order chi connectivity index (χ1) is 9.74. The van der Waals surface area contributed by atoms with E-state index >= 15 is 0 Å². The van der Waals surface area contributed by atoms with Gasteiger partial charge in [-0.15, -0.1) is 0 Å². The molecule has 1 aromatic rings. The van der Waals surface area contributed by atoms with Gasteiger partial charge in [-0.2, -0.15) is 0 Å². The summed E-state index contributed by atoms with van der Waals surface area (Å²) >= 11 is 3.59. The summed E-state index contributed by atoms with van der Waals surface area (Å²) in [5.74, 6) is 1.99. The largest absolute Gasteiger partial charge is 0.497 e. The molecule has 0 aromatic heterocycles. The lowest BCUT2D eigenvalue weighted by Crippen LogP contribution is -2.34. The number of carbonyl (C=O) groups excluding carboxylic acids is 1. The van der Waals surface area contributed by atoms with Crippen molar-refractivity contribution in [1.29, 1.82) is 0 Å². The molecule has 3 nitrogen and oxygen atoms in total. The molecule has 1 N–H and O–H groups in total. The lowest BCUT2D eigenvalue weighted by atomic mass is 9.80. The molecule has 0 spiro atoms. The van der Waals surface area contributed by atoms with E-state index in [9.17, 15) is 4.79 Å². The highest BCUT2D eigenvalue weighted by molar-refractivity contribution is 9.09. The Bertz CT molecular complexity index is 450. The van der Waals surface area contributed by atoms with Crippen LogP contribution in [0.1, 0.15) is 36.0 Å². The molecule has 0 heterocycles. The van der Waals surface area contributed by atoms with Crippen molar-refractivity contribution in [2.75, 3.05) is 19.0 Å². The molecule has 2 unspecified atom stereocenters. The number of hydrogen-bond acceptors (Lipinski definition) is 2. The molecule has 0 saturated heterocycles. The van der Waals surface area contributed by atoms with E-state index < -0.39 is 0 Å². The Morgan fingerprint density at radius 2 is 2.10 bits per heavy atom. The van der Waals surface area contributed by atoms with Crippen molar-refractivity contribution in [3.05, 3.63) is 29.8 Å². The summed E-state index contributed by atoms with van der Waals surface area (Å²) < 4.78 is 5.15. The minimum Gasteiger partial charge on any atom is -0.497 e. The lowest BCUT2D eigenvalue weighted by Gasteiger charge is -2.30. The molecule has 1 aliphatic rings. The van der Waals surface area contributed by atoms with Crippen molar-refractivity contribution in [3.63, 3.8) is 0 Å². The van der Waals surface area contributed by atoms with Crippen molar-refractivity contribution in [1.82, 2.24) is 5.32 Å². The third-order valence-corrected chi connectivity index (χ3v) is 4.95. The summed E-state index contributed by atoms with van der Waals surface area (Å²) in [6.45, 7) is 0.770. The van der Waals surface area contributed by atoms with Crippen LogP contribution in [0.3, 0.4) is 0 Å². The Labute approximate surface area is 129 Å². The number of carbonyl (C=O) groups is 1. The summed E-state index contributed by atoms with van der Waals surface area (Å²) in [7, 11) is 1.61. The molecule has 1 aromatic carbocycles. The Morgan fingerprint density at radius 1 is 1.35 bits per heavy atom. The van der Waals surface area contributed by atoms with E-state index in [1.807, 2.05) is 18.2 Å². The molecule has 1 aliphatic carbocycles. The zero-order valence-corrected chi connectivity index (χ0v) is 13.5. The molecule has 0 radical (unpaired) electrons. The van der Waals surface area contributed by atoms with E-state index in [1.54, 1.807) is 13.2 Å². The Kier molecular flexibility index (Phi) is 5.89.